The smallest absolute Gasteiger partial charge is 0.334 e. The summed E-state index contributed by atoms with van der Waals surface area (Å²) in [6, 6.07) is 0. The molecule has 0 aromatic rings. The minimum Gasteiger partial charge on any atom is -0.352 e. The summed E-state index contributed by atoms with van der Waals surface area (Å²) in [4.78, 5) is 0. The summed E-state index contributed by atoms with van der Waals surface area (Å²) in [6.07, 6.45) is 1.56. The molecule has 0 spiro atoms. The molecule has 0 heterocycles. The maximum absolute atomic E-state index is 12.2. The van der Waals surface area contributed by atoms with Crippen LogP contribution in [-0.4, -0.2) is 39.9 Å². The third-order valence-corrected chi connectivity index (χ3v) is 4.17. The molecule has 0 aliphatic heterocycles. The molecule has 0 saturated heterocycles. The second-order valence-corrected chi connectivity index (χ2v) is 5.51. The van der Waals surface area contributed by atoms with Gasteiger partial charge >= 0.3 is 7.60 Å². The molecule has 0 unspecified atom stereocenters. The lowest BCUT2D eigenvalue weighted by atomic mass is 10.3. The molecule has 0 atom stereocenters. The molecule has 0 rings (SSSR count). The van der Waals surface area contributed by atoms with Crippen LogP contribution in [0.25, 0.3) is 0 Å². The second kappa shape index (κ2) is 8.84. The fourth-order valence-corrected chi connectivity index (χ4v) is 3.10. The van der Waals surface area contributed by atoms with Gasteiger partial charge in [0.25, 0.3) is 0 Å². The summed E-state index contributed by atoms with van der Waals surface area (Å²) in [7, 11) is 0.0565. The monoisotopic (exact) mass is 266 g/mol. The third kappa shape index (κ3) is 6.96. The van der Waals surface area contributed by atoms with E-state index in [1.54, 1.807) is 34.1 Å². The van der Waals surface area contributed by atoms with Gasteiger partial charge in [0.15, 0.2) is 6.29 Å². The van der Waals surface area contributed by atoms with E-state index in [0.29, 0.717) is 13.2 Å². The lowest BCUT2D eigenvalue weighted by molar-refractivity contribution is -0.0670. The highest BCUT2D eigenvalue weighted by Gasteiger charge is 2.24. The van der Waals surface area contributed by atoms with Crippen molar-refractivity contribution >= 4 is 7.60 Å². The number of allylic oxidation sites excluding steroid dienone is 1. The van der Waals surface area contributed by atoms with Crippen LogP contribution < -0.4 is 0 Å². The summed E-state index contributed by atoms with van der Waals surface area (Å²) in [5.41, 5.74) is 0.851. The minimum atomic E-state index is -3.03. The van der Waals surface area contributed by atoms with Crippen molar-refractivity contribution in [3.63, 3.8) is 0 Å². The fourth-order valence-electron chi connectivity index (χ4n) is 1.34. The molecule has 5 nitrogen and oxygen atoms in total. The molecule has 0 amide bonds. The van der Waals surface area contributed by atoms with E-state index in [2.05, 4.69) is 0 Å². The van der Waals surface area contributed by atoms with Crippen molar-refractivity contribution < 1.29 is 23.1 Å². The van der Waals surface area contributed by atoms with Crippen molar-refractivity contribution in [2.75, 3.05) is 33.6 Å². The van der Waals surface area contributed by atoms with Crippen LogP contribution in [-0.2, 0) is 23.1 Å². The molecular weight excluding hydrogens is 243 g/mol. The maximum atomic E-state index is 12.2. The van der Waals surface area contributed by atoms with Crippen LogP contribution in [0.5, 0.6) is 0 Å². The standard InChI is InChI=1S/C11H23O5P/c1-6-15-17(12,16-7-2)9-10(3)8-11(13-4)14-5/h8,11H,6-7,9H2,1-5H3/b10-8+. The largest absolute Gasteiger partial charge is 0.352 e. The van der Waals surface area contributed by atoms with Crippen LogP contribution in [0.4, 0.5) is 0 Å². The van der Waals surface area contributed by atoms with Gasteiger partial charge in [0.2, 0.25) is 0 Å². The lowest BCUT2D eigenvalue weighted by Crippen LogP contribution is -2.11. The molecule has 0 radical (unpaired) electrons. The zero-order valence-electron chi connectivity index (χ0n) is 11.3. The molecule has 0 aromatic carbocycles. The van der Waals surface area contributed by atoms with Crippen molar-refractivity contribution in [1.29, 1.82) is 0 Å². The van der Waals surface area contributed by atoms with Crippen molar-refractivity contribution in [1.82, 2.24) is 0 Å². The third-order valence-electron chi connectivity index (χ3n) is 1.98. The first-order valence-electron chi connectivity index (χ1n) is 5.62. The van der Waals surface area contributed by atoms with Gasteiger partial charge in [-0.3, -0.25) is 4.57 Å². The predicted octanol–water partition coefficient (Wildman–Crippen LogP) is 2.82. The molecule has 0 aromatic heterocycles. The Bertz CT molecular complexity index is 263. The highest BCUT2D eigenvalue weighted by Crippen LogP contribution is 2.49. The number of methoxy groups -OCH3 is 2. The first kappa shape index (κ1) is 16.8. The van der Waals surface area contributed by atoms with Crippen LogP contribution >= 0.6 is 7.60 Å². The predicted molar refractivity (Wildman–Crippen MR) is 67.3 cm³/mol. The number of rotatable bonds is 9. The average molecular weight is 266 g/mol. The first-order chi connectivity index (χ1) is 8.01. The van der Waals surface area contributed by atoms with Crippen LogP contribution in [0.15, 0.2) is 11.6 Å². The highest BCUT2D eigenvalue weighted by molar-refractivity contribution is 7.54. The normalized spacial score (nSPS) is 13.4. The molecule has 0 N–H and O–H groups in total. The number of ether oxygens (including phenoxy) is 2. The minimum absolute atomic E-state index is 0.248. The van der Waals surface area contributed by atoms with Gasteiger partial charge in [0.05, 0.1) is 19.4 Å². The Hall–Kier alpha value is -0.190. The van der Waals surface area contributed by atoms with Gasteiger partial charge in [0, 0.05) is 14.2 Å². The Morgan fingerprint density at radius 2 is 1.65 bits per heavy atom. The van der Waals surface area contributed by atoms with Gasteiger partial charge < -0.3 is 18.5 Å². The Labute approximate surface area is 104 Å². The van der Waals surface area contributed by atoms with E-state index in [0.717, 1.165) is 5.57 Å². The highest BCUT2D eigenvalue weighted by atomic mass is 31.2. The molecule has 17 heavy (non-hydrogen) atoms. The van der Waals surface area contributed by atoms with Crippen LogP contribution in [0.2, 0.25) is 0 Å². The van der Waals surface area contributed by atoms with Gasteiger partial charge in [-0.25, -0.2) is 0 Å². The van der Waals surface area contributed by atoms with Crippen LogP contribution in [0.1, 0.15) is 20.8 Å². The Morgan fingerprint density at radius 3 is 2.00 bits per heavy atom. The van der Waals surface area contributed by atoms with E-state index in [1.165, 1.54) is 0 Å². The molecule has 0 aliphatic rings. The van der Waals surface area contributed by atoms with Crippen molar-refractivity contribution in [2.24, 2.45) is 0 Å². The zero-order chi connectivity index (χ0) is 13.3. The molecule has 6 heteroatoms. The SMILES string of the molecule is CCOP(=O)(C/C(C)=C/C(OC)OC)OCC. The van der Waals surface area contributed by atoms with Crippen molar-refractivity contribution in [2.45, 2.75) is 27.1 Å². The van der Waals surface area contributed by atoms with E-state index in [-0.39, 0.29) is 6.16 Å². The van der Waals surface area contributed by atoms with E-state index >= 15 is 0 Å². The zero-order valence-corrected chi connectivity index (χ0v) is 12.2. The van der Waals surface area contributed by atoms with Gasteiger partial charge in [-0.15, -0.1) is 0 Å². The Morgan fingerprint density at radius 1 is 1.18 bits per heavy atom. The number of hydrogen-bond acceptors (Lipinski definition) is 5. The second-order valence-electron chi connectivity index (χ2n) is 3.46. The van der Waals surface area contributed by atoms with Crippen LogP contribution in [0.3, 0.4) is 0 Å². The van der Waals surface area contributed by atoms with E-state index in [9.17, 15) is 4.57 Å². The van der Waals surface area contributed by atoms with Gasteiger partial charge in [-0.2, -0.15) is 0 Å². The topological polar surface area (TPSA) is 54.0 Å². The summed E-state index contributed by atoms with van der Waals surface area (Å²) in [6.45, 7) is 6.15. The lowest BCUT2D eigenvalue weighted by Gasteiger charge is -2.18. The van der Waals surface area contributed by atoms with E-state index < -0.39 is 13.9 Å². The van der Waals surface area contributed by atoms with Crippen molar-refractivity contribution in [3.05, 3.63) is 11.6 Å². The summed E-state index contributed by atoms with van der Waals surface area (Å²) in [5, 5.41) is 0. The summed E-state index contributed by atoms with van der Waals surface area (Å²) >= 11 is 0. The summed E-state index contributed by atoms with van der Waals surface area (Å²) < 4.78 is 32.7. The molecule has 102 valence electrons. The Balaban J connectivity index is 4.59. The summed E-state index contributed by atoms with van der Waals surface area (Å²) in [5.74, 6) is 0. The van der Waals surface area contributed by atoms with Gasteiger partial charge in [0.1, 0.15) is 0 Å². The molecule has 0 bridgehead atoms. The maximum Gasteiger partial charge on any atom is 0.334 e. The van der Waals surface area contributed by atoms with E-state index in [4.69, 9.17) is 18.5 Å². The average Bonchev–Trinajstić information content (AvgIpc) is 2.26. The first-order valence-corrected chi connectivity index (χ1v) is 7.35. The Kier molecular flexibility index (Phi) is 8.74. The van der Waals surface area contributed by atoms with Gasteiger partial charge in [-0.05, 0) is 26.8 Å². The fraction of sp³-hybridized carbons (Fsp3) is 0.818. The van der Waals surface area contributed by atoms with E-state index in [1.807, 2.05) is 6.92 Å². The molecular formula is C11H23O5P. The van der Waals surface area contributed by atoms with Crippen LogP contribution in [0, 0.1) is 0 Å². The van der Waals surface area contributed by atoms with Gasteiger partial charge in [-0.1, -0.05) is 5.57 Å². The molecule has 0 aliphatic carbocycles. The number of hydrogen-bond donors (Lipinski definition) is 0. The quantitative estimate of drug-likeness (QED) is 0.365. The molecule has 0 saturated carbocycles. The molecule has 0 fully saturated rings. The van der Waals surface area contributed by atoms with Crippen molar-refractivity contribution in [3.8, 4) is 0 Å².